The topological polar surface area (TPSA) is 49.8 Å². The molecule has 0 saturated heterocycles. The summed E-state index contributed by atoms with van der Waals surface area (Å²) >= 11 is 6.26. The van der Waals surface area contributed by atoms with E-state index >= 15 is 0 Å². The number of fused-ring (bicyclic) bond motifs is 1. The first-order valence-corrected chi connectivity index (χ1v) is 7.23. The van der Waals surface area contributed by atoms with Gasteiger partial charge in [0, 0.05) is 17.5 Å². The molecule has 21 heavy (non-hydrogen) atoms. The SMILES string of the molecule is C=Cc1c(CN(C(=O)O)C(C)(C)C)cc(Cl)c2c1CCO2. The van der Waals surface area contributed by atoms with E-state index < -0.39 is 11.6 Å². The standard InChI is InChI=1S/C16H20ClNO3/c1-5-11-10(9-18(15(19)20)16(2,3)4)8-13(17)14-12(11)6-7-21-14/h5,8H,1,6-7,9H2,2-4H3,(H,19,20). The van der Waals surface area contributed by atoms with E-state index in [0.29, 0.717) is 17.4 Å². The number of benzene rings is 1. The van der Waals surface area contributed by atoms with Crippen molar-refractivity contribution < 1.29 is 14.6 Å². The van der Waals surface area contributed by atoms with Crippen LogP contribution in [0.4, 0.5) is 4.79 Å². The van der Waals surface area contributed by atoms with Crippen molar-refractivity contribution in [2.24, 2.45) is 0 Å². The van der Waals surface area contributed by atoms with Crippen molar-refractivity contribution in [3.05, 3.63) is 34.4 Å². The summed E-state index contributed by atoms with van der Waals surface area (Å²) < 4.78 is 5.54. The largest absolute Gasteiger partial charge is 0.491 e. The van der Waals surface area contributed by atoms with Crippen molar-refractivity contribution >= 4 is 23.8 Å². The Labute approximate surface area is 130 Å². The zero-order valence-electron chi connectivity index (χ0n) is 12.6. The van der Waals surface area contributed by atoms with Crippen LogP contribution in [-0.2, 0) is 13.0 Å². The molecule has 0 saturated carbocycles. The van der Waals surface area contributed by atoms with Crippen LogP contribution in [0.2, 0.25) is 5.02 Å². The van der Waals surface area contributed by atoms with Crippen LogP contribution in [0.15, 0.2) is 12.6 Å². The first-order chi connectivity index (χ1) is 9.75. The number of halogens is 1. The Morgan fingerprint density at radius 1 is 1.57 bits per heavy atom. The number of amides is 1. The van der Waals surface area contributed by atoms with Gasteiger partial charge in [-0.15, -0.1) is 0 Å². The molecule has 0 spiro atoms. The van der Waals surface area contributed by atoms with Crippen LogP contribution in [-0.4, -0.2) is 28.2 Å². The van der Waals surface area contributed by atoms with Crippen LogP contribution < -0.4 is 4.74 Å². The van der Waals surface area contributed by atoms with E-state index in [0.717, 1.165) is 23.1 Å². The first-order valence-electron chi connectivity index (χ1n) is 6.85. The fourth-order valence-electron chi connectivity index (χ4n) is 2.56. The van der Waals surface area contributed by atoms with Gasteiger partial charge in [0.1, 0.15) is 5.75 Å². The molecule has 0 aliphatic carbocycles. The van der Waals surface area contributed by atoms with Gasteiger partial charge in [0.2, 0.25) is 0 Å². The van der Waals surface area contributed by atoms with E-state index in [1.165, 1.54) is 4.90 Å². The molecule has 1 aliphatic rings. The maximum absolute atomic E-state index is 11.5. The van der Waals surface area contributed by atoms with Crippen molar-refractivity contribution in [1.82, 2.24) is 4.90 Å². The van der Waals surface area contributed by atoms with Gasteiger partial charge in [0.05, 0.1) is 18.2 Å². The number of carbonyl (C=O) groups is 1. The molecule has 0 radical (unpaired) electrons. The summed E-state index contributed by atoms with van der Waals surface area (Å²) in [5, 5.41) is 9.97. The van der Waals surface area contributed by atoms with Gasteiger partial charge in [0.15, 0.2) is 0 Å². The van der Waals surface area contributed by atoms with E-state index in [1.807, 2.05) is 20.8 Å². The molecule has 5 heteroatoms. The molecule has 2 rings (SSSR count). The number of hydrogen-bond donors (Lipinski definition) is 1. The molecule has 0 atom stereocenters. The molecule has 0 bridgehead atoms. The zero-order chi connectivity index (χ0) is 15.8. The van der Waals surface area contributed by atoms with E-state index in [1.54, 1.807) is 12.1 Å². The number of nitrogens with zero attached hydrogens (tertiary/aromatic N) is 1. The zero-order valence-corrected chi connectivity index (χ0v) is 13.3. The van der Waals surface area contributed by atoms with Crippen molar-refractivity contribution in [2.45, 2.75) is 39.3 Å². The van der Waals surface area contributed by atoms with Gasteiger partial charge in [-0.1, -0.05) is 24.3 Å². The van der Waals surface area contributed by atoms with Crippen molar-refractivity contribution in [3.8, 4) is 5.75 Å². The maximum Gasteiger partial charge on any atom is 0.408 e. The fraction of sp³-hybridized carbons (Fsp3) is 0.438. The Kier molecular flexibility index (Phi) is 4.19. The summed E-state index contributed by atoms with van der Waals surface area (Å²) in [5.41, 5.74) is 2.32. The average Bonchev–Trinajstić information content (AvgIpc) is 2.84. The molecule has 1 aromatic carbocycles. The predicted molar refractivity (Wildman–Crippen MR) is 84.1 cm³/mol. The molecule has 1 N–H and O–H groups in total. The summed E-state index contributed by atoms with van der Waals surface area (Å²) in [7, 11) is 0. The highest BCUT2D eigenvalue weighted by Gasteiger charge is 2.29. The Bertz CT molecular complexity index is 590. The predicted octanol–water partition coefficient (Wildman–Crippen LogP) is 4.20. The monoisotopic (exact) mass is 309 g/mol. The molecular formula is C16H20ClNO3. The van der Waals surface area contributed by atoms with Gasteiger partial charge < -0.3 is 9.84 Å². The summed E-state index contributed by atoms with van der Waals surface area (Å²) in [6.07, 6.45) is 1.57. The Hall–Kier alpha value is -1.68. The van der Waals surface area contributed by atoms with Crippen molar-refractivity contribution in [2.75, 3.05) is 6.61 Å². The van der Waals surface area contributed by atoms with Gasteiger partial charge in [-0.2, -0.15) is 0 Å². The normalized spacial score (nSPS) is 13.5. The Morgan fingerprint density at radius 3 is 2.76 bits per heavy atom. The lowest BCUT2D eigenvalue weighted by Gasteiger charge is -2.33. The minimum Gasteiger partial charge on any atom is -0.491 e. The summed E-state index contributed by atoms with van der Waals surface area (Å²) in [6, 6.07) is 1.78. The van der Waals surface area contributed by atoms with Gasteiger partial charge in [-0.05, 0) is 38.0 Å². The van der Waals surface area contributed by atoms with Gasteiger partial charge >= 0.3 is 6.09 Å². The fourth-order valence-corrected chi connectivity index (χ4v) is 2.86. The van der Waals surface area contributed by atoms with Crippen LogP contribution in [0.5, 0.6) is 5.75 Å². The van der Waals surface area contributed by atoms with Crippen LogP contribution in [0, 0.1) is 0 Å². The molecule has 0 fully saturated rings. The third-order valence-corrected chi connectivity index (χ3v) is 3.92. The summed E-state index contributed by atoms with van der Waals surface area (Å²) in [6.45, 7) is 10.3. The molecule has 114 valence electrons. The Morgan fingerprint density at radius 2 is 2.24 bits per heavy atom. The van der Waals surface area contributed by atoms with Crippen molar-refractivity contribution in [3.63, 3.8) is 0 Å². The molecule has 1 aromatic rings. The van der Waals surface area contributed by atoms with E-state index in [2.05, 4.69) is 6.58 Å². The second-order valence-corrected chi connectivity index (χ2v) is 6.49. The number of carboxylic acid groups (broad SMARTS) is 1. The maximum atomic E-state index is 11.5. The molecule has 1 heterocycles. The van der Waals surface area contributed by atoms with Crippen molar-refractivity contribution in [1.29, 1.82) is 0 Å². The highest BCUT2D eigenvalue weighted by Crippen LogP contribution is 2.39. The third kappa shape index (κ3) is 3.00. The molecule has 0 unspecified atom stereocenters. The number of hydrogen-bond acceptors (Lipinski definition) is 2. The van der Waals surface area contributed by atoms with Crippen LogP contribution >= 0.6 is 11.6 Å². The lowest BCUT2D eigenvalue weighted by Crippen LogP contribution is -2.44. The Balaban J connectivity index is 2.47. The van der Waals surface area contributed by atoms with Gasteiger partial charge in [-0.3, -0.25) is 4.90 Å². The second-order valence-electron chi connectivity index (χ2n) is 6.08. The third-order valence-electron chi connectivity index (χ3n) is 3.63. The average molecular weight is 310 g/mol. The summed E-state index contributed by atoms with van der Waals surface area (Å²) in [5.74, 6) is 0.702. The van der Waals surface area contributed by atoms with Gasteiger partial charge in [-0.25, -0.2) is 4.79 Å². The second kappa shape index (κ2) is 5.60. The molecule has 1 amide bonds. The summed E-state index contributed by atoms with van der Waals surface area (Å²) in [4.78, 5) is 12.9. The first kappa shape index (κ1) is 15.7. The number of rotatable bonds is 3. The van der Waals surface area contributed by atoms with E-state index in [4.69, 9.17) is 16.3 Å². The smallest absolute Gasteiger partial charge is 0.408 e. The van der Waals surface area contributed by atoms with Crippen LogP contribution in [0.25, 0.3) is 6.08 Å². The molecular weight excluding hydrogens is 290 g/mol. The van der Waals surface area contributed by atoms with Crippen LogP contribution in [0.3, 0.4) is 0 Å². The molecule has 0 aromatic heterocycles. The van der Waals surface area contributed by atoms with E-state index in [9.17, 15) is 9.90 Å². The van der Waals surface area contributed by atoms with Gasteiger partial charge in [0.25, 0.3) is 0 Å². The lowest BCUT2D eigenvalue weighted by molar-refractivity contribution is 0.0955. The highest BCUT2D eigenvalue weighted by molar-refractivity contribution is 6.32. The molecule has 1 aliphatic heterocycles. The number of ether oxygens (including phenoxy) is 1. The molecule has 4 nitrogen and oxygen atoms in total. The van der Waals surface area contributed by atoms with Crippen LogP contribution in [0.1, 0.15) is 37.5 Å². The van der Waals surface area contributed by atoms with E-state index in [-0.39, 0.29) is 6.54 Å². The minimum absolute atomic E-state index is 0.271. The highest BCUT2D eigenvalue weighted by atomic mass is 35.5. The minimum atomic E-state index is -0.953. The lowest BCUT2D eigenvalue weighted by atomic mass is 9.97. The quantitative estimate of drug-likeness (QED) is 0.910.